The maximum atomic E-state index is 9.51. The first-order chi connectivity index (χ1) is 14.0. The van der Waals surface area contributed by atoms with Gasteiger partial charge in [-0.25, -0.2) is 4.79 Å². The summed E-state index contributed by atoms with van der Waals surface area (Å²) in [5.74, 6) is 1.32. The van der Waals surface area contributed by atoms with Crippen LogP contribution in [0.15, 0.2) is 42.5 Å². The number of allylic oxidation sites excluding steroid dienone is 1. The molecule has 0 atom stereocenters. The van der Waals surface area contributed by atoms with E-state index in [0.29, 0.717) is 5.95 Å². The molecule has 8 heteroatoms. The molecule has 1 fully saturated rings. The van der Waals surface area contributed by atoms with Gasteiger partial charge in [-0.05, 0) is 25.1 Å². The fourth-order valence-electron chi connectivity index (χ4n) is 3.44. The van der Waals surface area contributed by atoms with Crippen molar-refractivity contribution < 1.29 is 9.90 Å². The van der Waals surface area contributed by atoms with Crippen LogP contribution in [-0.2, 0) is 17.9 Å². The van der Waals surface area contributed by atoms with Gasteiger partial charge in [-0.15, -0.1) is 0 Å². The molecule has 2 aliphatic heterocycles. The van der Waals surface area contributed by atoms with Crippen molar-refractivity contribution in [2.24, 2.45) is 0 Å². The van der Waals surface area contributed by atoms with Gasteiger partial charge >= 0.3 is 5.97 Å². The number of carbonyl (C=O) groups is 1. The smallest absolute Gasteiger partial charge is 0.327 e. The van der Waals surface area contributed by atoms with Crippen LogP contribution in [-0.4, -0.2) is 59.2 Å². The van der Waals surface area contributed by atoms with Gasteiger partial charge < -0.3 is 25.5 Å². The Labute approximate surface area is 171 Å². The zero-order valence-corrected chi connectivity index (χ0v) is 17.0. The number of fused-ring (bicyclic) bond motifs is 1. The number of anilines is 3. The molecule has 0 saturated carbocycles. The number of aliphatic carboxylic acids is 1. The fraction of sp³-hybridized carbons (Fsp3) is 0.381. The Balaban J connectivity index is 0.000000353. The third-order valence-corrected chi connectivity index (χ3v) is 5.02. The van der Waals surface area contributed by atoms with Gasteiger partial charge in [-0.3, -0.25) is 0 Å². The number of hydrogen-bond acceptors (Lipinski definition) is 7. The first-order valence-electron chi connectivity index (χ1n) is 9.71. The maximum absolute atomic E-state index is 9.51. The number of benzene rings is 1. The second-order valence-corrected chi connectivity index (χ2v) is 7.20. The molecular formula is C21H28N6O2. The molecule has 3 heterocycles. The number of aromatic nitrogens is 2. The van der Waals surface area contributed by atoms with Crippen LogP contribution in [0.1, 0.15) is 18.1 Å². The van der Waals surface area contributed by atoms with Gasteiger partial charge in [-0.1, -0.05) is 30.3 Å². The highest BCUT2D eigenvalue weighted by molar-refractivity contribution is 5.79. The van der Waals surface area contributed by atoms with E-state index in [-0.39, 0.29) is 0 Å². The lowest BCUT2D eigenvalue weighted by Crippen LogP contribution is -2.45. The number of nitrogens with zero attached hydrogens (tertiary/aromatic N) is 5. The normalized spacial score (nSPS) is 16.5. The van der Waals surface area contributed by atoms with Crippen LogP contribution in [0.3, 0.4) is 0 Å². The topological polar surface area (TPSA) is 98.8 Å². The number of piperazine rings is 1. The van der Waals surface area contributed by atoms with Crippen LogP contribution >= 0.6 is 0 Å². The minimum Gasteiger partial charge on any atom is -0.478 e. The van der Waals surface area contributed by atoms with Crippen LogP contribution in [0.5, 0.6) is 0 Å². The summed E-state index contributed by atoms with van der Waals surface area (Å²) in [5.41, 5.74) is 8.71. The minimum absolute atomic E-state index is 0.354. The van der Waals surface area contributed by atoms with Gasteiger partial charge in [0, 0.05) is 51.4 Å². The lowest BCUT2D eigenvalue weighted by atomic mass is 10.1. The van der Waals surface area contributed by atoms with Crippen LogP contribution < -0.4 is 15.5 Å². The molecular weight excluding hydrogens is 368 g/mol. The van der Waals surface area contributed by atoms with Crippen molar-refractivity contribution in [2.75, 3.05) is 48.8 Å². The van der Waals surface area contributed by atoms with Crippen LogP contribution in [0.25, 0.3) is 0 Å². The molecule has 8 nitrogen and oxygen atoms in total. The second-order valence-electron chi connectivity index (χ2n) is 7.20. The molecule has 0 radical (unpaired) electrons. The van der Waals surface area contributed by atoms with Crippen LogP contribution in [0.4, 0.5) is 17.6 Å². The highest BCUT2D eigenvalue weighted by Crippen LogP contribution is 2.29. The molecule has 2 aromatic rings. The highest BCUT2D eigenvalue weighted by atomic mass is 16.4. The van der Waals surface area contributed by atoms with E-state index in [9.17, 15) is 4.79 Å². The summed E-state index contributed by atoms with van der Waals surface area (Å²) in [6, 6.07) is 10.6. The number of carboxylic acid groups (broad SMARTS) is 1. The van der Waals surface area contributed by atoms with Crippen molar-refractivity contribution in [3.8, 4) is 0 Å². The summed E-state index contributed by atoms with van der Waals surface area (Å²) in [6.45, 7) is 7.49. The Bertz CT molecular complexity index is 852. The fourth-order valence-corrected chi connectivity index (χ4v) is 3.44. The van der Waals surface area contributed by atoms with E-state index in [1.807, 2.05) is 0 Å². The van der Waals surface area contributed by atoms with Gasteiger partial charge in [0.15, 0.2) is 0 Å². The summed E-state index contributed by atoms with van der Waals surface area (Å²) >= 11 is 0. The Morgan fingerprint density at radius 3 is 2.07 bits per heavy atom. The minimum atomic E-state index is -0.891. The Morgan fingerprint density at radius 2 is 1.59 bits per heavy atom. The number of carboxylic acids is 1. The third kappa shape index (κ3) is 5.45. The predicted molar refractivity (Wildman–Crippen MR) is 115 cm³/mol. The second kappa shape index (κ2) is 9.38. The van der Waals surface area contributed by atoms with Gasteiger partial charge in [0.25, 0.3) is 0 Å². The predicted octanol–water partition coefficient (Wildman–Crippen LogP) is 1.98. The van der Waals surface area contributed by atoms with E-state index in [1.54, 1.807) is 6.92 Å². The molecule has 4 rings (SSSR count). The average Bonchev–Trinajstić information content (AvgIpc) is 3.13. The Kier molecular flexibility index (Phi) is 6.66. The van der Waals surface area contributed by atoms with Crippen molar-refractivity contribution >= 4 is 23.6 Å². The van der Waals surface area contributed by atoms with E-state index in [2.05, 4.69) is 62.0 Å². The molecule has 0 bridgehead atoms. The van der Waals surface area contributed by atoms with Crippen LogP contribution in [0, 0.1) is 0 Å². The number of nitrogen functional groups attached to an aromatic ring is 1. The largest absolute Gasteiger partial charge is 0.478 e. The molecule has 0 amide bonds. The standard InChI is InChI=1S/C17H22N6.C4H6O2/c1-21-6-8-22(9-7-21)15-10-16(20-17(18)19-15)23-11-13-4-2-3-5-14(13)12-23;1-2-3-4(5)6/h2-5,10H,6-9,11-12H2,1H3,(H2,18,19,20);2-3H,1H3,(H,5,6)/b;3-2-. The first kappa shape index (κ1) is 20.6. The SMILES string of the molecule is C/C=C\C(=O)O.CN1CCN(c2cc(N3Cc4ccccc4C3)nc(N)n2)CC1. The van der Waals surface area contributed by atoms with Gasteiger partial charge in [0.2, 0.25) is 5.95 Å². The van der Waals surface area contributed by atoms with Gasteiger partial charge in [0.05, 0.1) is 0 Å². The molecule has 2 aliphatic rings. The van der Waals surface area contributed by atoms with Crippen LogP contribution in [0.2, 0.25) is 0 Å². The van der Waals surface area contributed by atoms with Crippen molar-refractivity contribution in [3.63, 3.8) is 0 Å². The van der Waals surface area contributed by atoms with E-state index in [4.69, 9.17) is 10.8 Å². The Morgan fingerprint density at radius 1 is 1.03 bits per heavy atom. The van der Waals surface area contributed by atoms with E-state index in [0.717, 1.165) is 57.0 Å². The Hall–Kier alpha value is -3.13. The molecule has 29 heavy (non-hydrogen) atoms. The first-order valence-corrected chi connectivity index (χ1v) is 9.71. The molecule has 0 spiro atoms. The van der Waals surface area contributed by atoms with E-state index < -0.39 is 5.97 Å². The third-order valence-electron chi connectivity index (χ3n) is 5.02. The van der Waals surface area contributed by atoms with E-state index in [1.165, 1.54) is 17.2 Å². The van der Waals surface area contributed by atoms with Gasteiger partial charge in [0.1, 0.15) is 11.6 Å². The molecule has 154 valence electrons. The maximum Gasteiger partial charge on any atom is 0.327 e. The van der Waals surface area contributed by atoms with Crippen molar-refractivity contribution in [2.45, 2.75) is 20.0 Å². The number of nitrogens with two attached hydrogens (primary N) is 1. The number of rotatable bonds is 3. The van der Waals surface area contributed by atoms with Crippen molar-refractivity contribution in [3.05, 3.63) is 53.6 Å². The average molecular weight is 396 g/mol. The molecule has 1 saturated heterocycles. The molecule has 0 unspecified atom stereocenters. The molecule has 3 N–H and O–H groups in total. The summed E-state index contributed by atoms with van der Waals surface area (Å²) in [5, 5.41) is 7.83. The molecule has 1 aromatic carbocycles. The summed E-state index contributed by atoms with van der Waals surface area (Å²) in [4.78, 5) is 25.3. The molecule has 0 aliphatic carbocycles. The number of likely N-dealkylation sites (N-methyl/N-ethyl adjacent to an activating group) is 1. The zero-order valence-electron chi connectivity index (χ0n) is 17.0. The summed E-state index contributed by atoms with van der Waals surface area (Å²) in [6.07, 6.45) is 2.56. The monoisotopic (exact) mass is 396 g/mol. The molecule has 1 aromatic heterocycles. The highest BCUT2D eigenvalue weighted by Gasteiger charge is 2.22. The van der Waals surface area contributed by atoms with E-state index >= 15 is 0 Å². The van der Waals surface area contributed by atoms with Crippen molar-refractivity contribution in [1.29, 1.82) is 0 Å². The summed E-state index contributed by atoms with van der Waals surface area (Å²) in [7, 11) is 2.15. The number of hydrogen-bond donors (Lipinski definition) is 2. The zero-order chi connectivity index (χ0) is 20.8. The lowest BCUT2D eigenvalue weighted by Gasteiger charge is -2.33. The van der Waals surface area contributed by atoms with Crippen molar-refractivity contribution in [1.82, 2.24) is 14.9 Å². The summed E-state index contributed by atoms with van der Waals surface area (Å²) < 4.78 is 0. The lowest BCUT2D eigenvalue weighted by molar-refractivity contribution is -0.131. The quantitative estimate of drug-likeness (QED) is 0.760. The van der Waals surface area contributed by atoms with Gasteiger partial charge in [-0.2, -0.15) is 9.97 Å².